The number of carbonyl (C=O) groups excluding carboxylic acids is 1. The van der Waals surface area contributed by atoms with Gasteiger partial charge in [-0.05, 0) is 61.4 Å². The summed E-state index contributed by atoms with van der Waals surface area (Å²) < 4.78 is 11.8. The number of methoxy groups -OCH3 is 1. The van der Waals surface area contributed by atoms with Crippen LogP contribution in [0, 0.1) is 25.2 Å². The van der Waals surface area contributed by atoms with Crippen molar-refractivity contribution in [1.29, 1.82) is 5.26 Å². The fraction of sp³-hybridized carbons (Fsp3) is 0.286. The predicted octanol–water partition coefficient (Wildman–Crippen LogP) is 4.88. The third kappa shape index (κ3) is 4.34. The summed E-state index contributed by atoms with van der Waals surface area (Å²) in [6.45, 7) is 4.01. The average molecular weight is 442 g/mol. The summed E-state index contributed by atoms with van der Waals surface area (Å²) in [6.07, 6.45) is 0.585. The topological polar surface area (TPSA) is 74.9 Å². The normalized spacial score (nSPS) is 15.8. The van der Waals surface area contributed by atoms with Crippen LogP contribution in [0.3, 0.4) is 0 Å². The Balaban J connectivity index is 1.79. The van der Waals surface area contributed by atoms with Crippen LogP contribution in [-0.2, 0) is 9.53 Å². The molecule has 1 atom stereocenters. The molecule has 28 heavy (non-hydrogen) atoms. The first-order valence-corrected chi connectivity index (χ1v) is 9.59. The summed E-state index contributed by atoms with van der Waals surface area (Å²) in [5, 5.41) is 15.2. The molecule has 6 nitrogen and oxygen atoms in total. The monoisotopic (exact) mass is 441 g/mol. The summed E-state index contributed by atoms with van der Waals surface area (Å²) in [5.41, 5.74) is 3.31. The second-order valence-corrected chi connectivity index (χ2v) is 7.46. The van der Waals surface area contributed by atoms with Gasteiger partial charge in [0.1, 0.15) is 23.3 Å². The molecule has 0 aromatic heterocycles. The van der Waals surface area contributed by atoms with Crippen LogP contribution in [0.15, 0.2) is 46.0 Å². The fourth-order valence-corrected chi connectivity index (χ4v) is 3.45. The van der Waals surface area contributed by atoms with Crippen LogP contribution in [0.1, 0.15) is 24.0 Å². The van der Waals surface area contributed by atoms with E-state index < -0.39 is 0 Å². The minimum absolute atomic E-state index is 0.167. The van der Waals surface area contributed by atoms with Gasteiger partial charge < -0.3 is 9.47 Å². The van der Waals surface area contributed by atoms with Crippen molar-refractivity contribution in [1.82, 2.24) is 0 Å². The van der Waals surface area contributed by atoms with Gasteiger partial charge in [-0.1, -0.05) is 15.9 Å². The second-order valence-electron chi connectivity index (χ2n) is 6.60. The molecule has 1 heterocycles. The number of ether oxygens (including phenoxy) is 2. The average Bonchev–Trinajstić information content (AvgIpc) is 3.09. The summed E-state index contributed by atoms with van der Waals surface area (Å²) in [7, 11) is 1.35. The first-order valence-electron chi connectivity index (χ1n) is 8.79. The van der Waals surface area contributed by atoms with Crippen molar-refractivity contribution in [3.8, 4) is 17.6 Å². The fourth-order valence-electron chi connectivity index (χ4n) is 2.99. The number of anilines is 1. The number of rotatable bonds is 5. The molecule has 0 aliphatic carbocycles. The number of nitrogens with zero attached hydrogens (tertiary/aromatic N) is 3. The Morgan fingerprint density at radius 3 is 2.64 bits per heavy atom. The number of esters is 1. The van der Waals surface area contributed by atoms with Crippen LogP contribution in [0.5, 0.6) is 11.5 Å². The van der Waals surface area contributed by atoms with Gasteiger partial charge in [-0.25, -0.2) is 0 Å². The molecule has 7 heteroatoms. The zero-order valence-electron chi connectivity index (χ0n) is 15.9. The van der Waals surface area contributed by atoms with Crippen molar-refractivity contribution in [2.75, 3.05) is 12.1 Å². The van der Waals surface area contributed by atoms with E-state index in [1.807, 2.05) is 50.2 Å². The number of hydrazone groups is 1. The third-order valence-electron chi connectivity index (χ3n) is 4.55. The minimum Gasteiger partial charge on any atom is -0.469 e. The Hall–Kier alpha value is -2.85. The van der Waals surface area contributed by atoms with Gasteiger partial charge >= 0.3 is 5.97 Å². The Kier molecular flexibility index (Phi) is 6.00. The van der Waals surface area contributed by atoms with Gasteiger partial charge in [-0.3, -0.25) is 9.80 Å². The van der Waals surface area contributed by atoms with Crippen molar-refractivity contribution in [2.24, 2.45) is 5.10 Å². The van der Waals surface area contributed by atoms with Crippen molar-refractivity contribution >= 4 is 33.3 Å². The van der Waals surface area contributed by atoms with Gasteiger partial charge in [-0.2, -0.15) is 10.4 Å². The molecule has 0 bridgehead atoms. The SMILES string of the molecule is COC(=O)CC1CC(C#N)=NN1c1ccc(Oc2cc(C)c(Br)cc2C)cc1. The van der Waals surface area contributed by atoms with E-state index in [-0.39, 0.29) is 18.4 Å². The molecule has 0 radical (unpaired) electrons. The van der Waals surface area contributed by atoms with Crippen LogP contribution in [0.25, 0.3) is 0 Å². The zero-order valence-corrected chi connectivity index (χ0v) is 17.5. The lowest BCUT2D eigenvalue weighted by Gasteiger charge is -2.22. The maximum Gasteiger partial charge on any atom is 0.307 e. The number of carbonyl (C=O) groups is 1. The van der Waals surface area contributed by atoms with Crippen molar-refractivity contribution in [3.05, 3.63) is 52.0 Å². The van der Waals surface area contributed by atoms with Crippen LogP contribution in [0.2, 0.25) is 0 Å². The highest BCUT2D eigenvalue weighted by Gasteiger charge is 2.30. The summed E-state index contributed by atoms with van der Waals surface area (Å²) in [6, 6.07) is 13.3. The highest BCUT2D eigenvalue weighted by Crippen LogP contribution is 2.32. The molecule has 2 aromatic rings. The van der Waals surface area contributed by atoms with Gasteiger partial charge in [0, 0.05) is 10.9 Å². The quantitative estimate of drug-likeness (QED) is 0.617. The molecular formula is C21H20BrN3O3. The minimum atomic E-state index is -0.328. The molecule has 0 saturated carbocycles. The summed E-state index contributed by atoms with van der Waals surface area (Å²) in [5.74, 6) is 1.16. The molecule has 0 N–H and O–H groups in total. The van der Waals surface area contributed by atoms with E-state index >= 15 is 0 Å². The molecule has 0 spiro atoms. The Morgan fingerprint density at radius 1 is 1.29 bits per heavy atom. The van der Waals surface area contributed by atoms with Crippen molar-refractivity contribution in [2.45, 2.75) is 32.7 Å². The van der Waals surface area contributed by atoms with Crippen LogP contribution in [0.4, 0.5) is 5.69 Å². The van der Waals surface area contributed by atoms with Gasteiger partial charge in [0.2, 0.25) is 0 Å². The molecule has 0 fully saturated rings. The molecular weight excluding hydrogens is 422 g/mol. The van der Waals surface area contributed by atoms with Crippen molar-refractivity contribution in [3.63, 3.8) is 0 Å². The molecule has 2 aromatic carbocycles. The second kappa shape index (κ2) is 8.44. The van der Waals surface area contributed by atoms with Crippen LogP contribution in [-0.4, -0.2) is 24.8 Å². The predicted molar refractivity (Wildman–Crippen MR) is 111 cm³/mol. The van der Waals surface area contributed by atoms with Gasteiger partial charge in [0.15, 0.2) is 0 Å². The maximum atomic E-state index is 11.7. The van der Waals surface area contributed by atoms with Gasteiger partial charge in [0.05, 0.1) is 25.3 Å². The molecule has 1 unspecified atom stereocenters. The molecule has 1 aliphatic heterocycles. The zero-order chi connectivity index (χ0) is 20.3. The lowest BCUT2D eigenvalue weighted by Crippen LogP contribution is -2.29. The van der Waals surface area contributed by atoms with E-state index in [2.05, 4.69) is 27.1 Å². The van der Waals surface area contributed by atoms with E-state index in [4.69, 9.17) is 14.7 Å². The maximum absolute atomic E-state index is 11.7. The Bertz CT molecular complexity index is 964. The molecule has 1 aliphatic rings. The smallest absolute Gasteiger partial charge is 0.307 e. The first kappa shape index (κ1) is 19.9. The molecule has 0 saturated heterocycles. The van der Waals surface area contributed by atoms with Crippen LogP contribution < -0.4 is 9.75 Å². The van der Waals surface area contributed by atoms with Crippen LogP contribution >= 0.6 is 15.9 Å². The number of hydrogen-bond donors (Lipinski definition) is 0. The lowest BCUT2D eigenvalue weighted by molar-refractivity contribution is -0.140. The number of hydrogen-bond acceptors (Lipinski definition) is 6. The number of benzene rings is 2. The molecule has 3 rings (SSSR count). The van der Waals surface area contributed by atoms with E-state index in [0.717, 1.165) is 27.0 Å². The number of aryl methyl sites for hydroxylation is 2. The van der Waals surface area contributed by atoms with E-state index in [9.17, 15) is 4.79 Å². The van der Waals surface area contributed by atoms with E-state index in [1.54, 1.807) is 5.01 Å². The largest absolute Gasteiger partial charge is 0.469 e. The highest BCUT2D eigenvalue weighted by atomic mass is 79.9. The Morgan fingerprint density at radius 2 is 2.00 bits per heavy atom. The van der Waals surface area contributed by atoms with Gasteiger partial charge in [0.25, 0.3) is 0 Å². The summed E-state index contributed by atoms with van der Waals surface area (Å²) in [4.78, 5) is 11.7. The number of nitriles is 1. The van der Waals surface area contributed by atoms with E-state index in [0.29, 0.717) is 17.9 Å². The van der Waals surface area contributed by atoms with Gasteiger partial charge in [-0.15, -0.1) is 0 Å². The highest BCUT2D eigenvalue weighted by molar-refractivity contribution is 9.10. The molecule has 144 valence electrons. The standard InChI is InChI=1S/C21H20BrN3O3/c1-13-9-20(14(2)8-19(13)22)28-18-6-4-16(5-7-18)25-17(11-21(26)27-3)10-15(12-23)24-25/h4-9,17H,10-11H2,1-3H3. The number of halogens is 1. The third-order valence-corrected chi connectivity index (χ3v) is 5.40. The van der Waals surface area contributed by atoms with E-state index in [1.165, 1.54) is 7.11 Å². The summed E-state index contributed by atoms with van der Waals surface area (Å²) >= 11 is 3.52. The van der Waals surface area contributed by atoms with Crippen molar-refractivity contribution < 1.29 is 14.3 Å². The molecule has 0 amide bonds. The Labute approximate surface area is 172 Å². The first-order chi connectivity index (χ1) is 13.4. The lowest BCUT2D eigenvalue weighted by atomic mass is 10.1.